The minimum atomic E-state index is -1.08. The lowest BCUT2D eigenvalue weighted by molar-refractivity contribution is -0.153. The predicted octanol–water partition coefficient (Wildman–Crippen LogP) is 1.82. The molecule has 0 spiro atoms. The van der Waals surface area contributed by atoms with Gasteiger partial charge in [-0.05, 0) is 31.2 Å². The van der Waals surface area contributed by atoms with Crippen LogP contribution in [0.4, 0.5) is 5.69 Å². The van der Waals surface area contributed by atoms with Crippen molar-refractivity contribution < 1.29 is 23.5 Å². The quantitative estimate of drug-likeness (QED) is 0.575. The molecule has 0 bridgehead atoms. The number of nitrogens with one attached hydrogen (secondary N) is 1. The van der Waals surface area contributed by atoms with Gasteiger partial charge in [-0.15, -0.1) is 0 Å². The molecule has 9 nitrogen and oxygen atoms in total. The molecule has 1 aromatic carbocycles. The number of benzene rings is 1. The van der Waals surface area contributed by atoms with Gasteiger partial charge in [-0.1, -0.05) is 6.07 Å². The second kappa shape index (κ2) is 9.11. The summed E-state index contributed by atoms with van der Waals surface area (Å²) in [6.45, 7) is 4.76. The monoisotopic (exact) mass is 426 g/mol. The van der Waals surface area contributed by atoms with E-state index in [9.17, 15) is 9.59 Å². The number of hydrogen-bond acceptors (Lipinski definition) is 8. The number of rotatable bonds is 5. The van der Waals surface area contributed by atoms with Crippen molar-refractivity contribution in [3.63, 3.8) is 0 Å². The van der Waals surface area contributed by atoms with Gasteiger partial charge in [0.15, 0.2) is 5.92 Å². The highest BCUT2D eigenvalue weighted by molar-refractivity contribution is 6.08. The zero-order valence-corrected chi connectivity index (χ0v) is 17.6. The Kier molecular flexibility index (Phi) is 6.11. The first-order chi connectivity index (χ1) is 15.1. The number of anilines is 1. The van der Waals surface area contributed by atoms with E-state index in [2.05, 4.69) is 21.3 Å². The minimum Gasteiger partial charge on any atom is -0.497 e. The molecule has 2 aliphatic heterocycles. The molecule has 1 N–H and O–H groups in total. The molecular formula is C22H26N4O5. The maximum absolute atomic E-state index is 12.8. The Bertz CT molecular complexity index is 951. The fraction of sp³-hybridized carbons (Fsp3) is 0.409. The van der Waals surface area contributed by atoms with Crippen molar-refractivity contribution in [3.05, 3.63) is 48.4 Å². The van der Waals surface area contributed by atoms with E-state index in [1.807, 2.05) is 23.1 Å². The van der Waals surface area contributed by atoms with E-state index < -0.39 is 23.8 Å². The third kappa shape index (κ3) is 4.35. The Labute approximate surface area is 180 Å². The first-order valence-corrected chi connectivity index (χ1v) is 10.3. The first kappa shape index (κ1) is 20.8. The SMILES string of the molecule is CCOC(=O)[C@@H]1C(=O)NC(N2CCN(c3cccc(OC)c3)CC2)=N[C@@H]1c1ccco1. The lowest BCUT2D eigenvalue weighted by Gasteiger charge is -2.39. The van der Waals surface area contributed by atoms with E-state index in [1.165, 1.54) is 6.26 Å². The Morgan fingerprint density at radius 3 is 2.65 bits per heavy atom. The molecule has 9 heteroatoms. The number of hydrogen-bond donors (Lipinski definition) is 1. The fourth-order valence-electron chi connectivity index (χ4n) is 3.87. The summed E-state index contributed by atoms with van der Waals surface area (Å²) in [7, 11) is 1.65. The van der Waals surface area contributed by atoms with Crippen LogP contribution >= 0.6 is 0 Å². The highest BCUT2D eigenvalue weighted by atomic mass is 16.5. The number of carbonyl (C=O) groups excluding carboxylic acids is 2. The largest absolute Gasteiger partial charge is 0.497 e. The summed E-state index contributed by atoms with van der Waals surface area (Å²) in [5.74, 6) is -0.382. The third-order valence-electron chi connectivity index (χ3n) is 5.47. The molecule has 1 amide bonds. The van der Waals surface area contributed by atoms with Crippen molar-refractivity contribution in [3.8, 4) is 5.75 Å². The van der Waals surface area contributed by atoms with Gasteiger partial charge >= 0.3 is 5.97 Å². The summed E-state index contributed by atoms with van der Waals surface area (Å²) in [4.78, 5) is 34.2. The lowest BCUT2D eigenvalue weighted by atomic mass is 9.95. The number of piperazine rings is 1. The number of guanidine groups is 1. The van der Waals surface area contributed by atoms with Crippen LogP contribution in [0.25, 0.3) is 0 Å². The van der Waals surface area contributed by atoms with Crippen molar-refractivity contribution >= 4 is 23.5 Å². The molecule has 0 saturated carbocycles. The van der Waals surface area contributed by atoms with Crippen molar-refractivity contribution in [1.29, 1.82) is 0 Å². The van der Waals surface area contributed by atoms with Crippen LogP contribution in [0, 0.1) is 5.92 Å². The van der Waals surface area contributed by atoms with Crippen LogP contribution in [0.2, 0.25) is 0 Å². The zero-order valence-electron chi connectivity index (χ0n) is 17.6. The van der Waals surface area contributed by atoms with Gasteiger partial charge in [-0.3, -0.25) is 14.9 Å². The first-order valence-electron chi connectivity index (χ1n) is 10.3. The van der Waals surface area contributed by atoms with Crippen molar-refractivity contribution in [2.24, 2.45) is 10.9 Å². The summed E-state index contributed by atoms with van der Waals surface area (Å²) >= 11 is 0. The summed E-state index contributed by atoms with van der Waals surface area (Å²) in [5.41, 5.74) is 1.09. The standard InChI is InChI=1S/C22H26N4O5/c1-3-30-21(28)18-19(17-8-5-13-31-17)23-22(24-20(18)27)26-11-9-25(10-12-26)15-6-4-7-16(14-15)29-2/h4-8,13-14,18-19H,3,9-12H2,1-2H3,(H,23,24,27)/t18-,19+/m0/s1. The molecule has 3 heterocycles. The van der Waals surface area contributed by atoms with Crippen LogP contribution in [-0.2, 0) is 14.3 Å². The number of methoxy groups -OCH3 is 1. The number of ether oxygens (including phenoxy) is 2. The van der Waals surface area contributed by atoms with Crippen molar-refractivity contribution in [2.75, 3.05) is 44.8 Å². The molecule has 0 unspecified atom stereocenters. The average molecular weight is 426 g/mol. The number of esters is 1. The smallest absolute Gasteiger partial charge is 0.321 e. The van der Waals surface area contributed by atoms with Gasteiger partial charge in [0.1, 0.15) is 17.6 Å². The van der Waals surface area contributed by atoms with Gasteiger partial charge < -0.3 is 23.7 Å². The molecule has 164 valence electrons. The molecule has 2 atom stereocenters. The molecule has 1 saturated heterocycles. The van der Waals surface area contributed by atoms with Gasteiger partial charge in [0.25, 0.3) is 0 Å². The number of carbonyl (C=O) groups is 2. The number of amides is 1. The maximum Gasteiger partial charge on any atom is 0.321 e. The van der Waals surface area contributed by atoms with Crippen molar-refractivity contribution in [2.45, 2.75) is 13.0 Å². The van der Waals surface area contributed by atoms with Crippen LogP contribution in [0.1, 0.15) is 18.7 Å². The zero-order chi connectivity index (χ0) is 21.8. The van der Waals surface area contributed by atoms with Crippen molar-refractivity contribution in [1.82, 2.24) is 10.2 Å². The number of nitrogens with zero attached hydrogens (tertiary/aromatic N) is 3. The molecule has 1 fully saturated rings. The summed E-state index contributed by atoms with van der Waals surface area (Å²) in [6, 6.07) is 10.6. The molecule has 2 aromatic rings. The highest BCUT2D eigenvalue weighted by Crippen LogP contribution is 2.31. The van der Waals surface area contributed by atoms with Crippen LogP contribution in [0.5, 0.6) is 5.75 Å². The van der Waals surface area contributed by atoms with E-state index in [-0.39, 0.29) is 6.61 Å². The van der Waals surface area contributed by atoms with Gasteiger partial charge in [0, 0.05) is 37.9 Å². The van der Waals surface area contributed by atoms with Crippen LogP contribution in [0.15, 0.2) is 52.1 Å². The normalized spacial score (nSPS) is 21.4. The molecular weight excluding hydrogens is 400 g/mol. The maximum atomic E-state index is 12.8. The Balaban J connectivity index is 1.51. The molecule has 0 radical (unpaired) electrons. The van der Waals surface area contributed by atoms with Gasteiger partial charge in [0.05, 0.1) is 20.0 Å². The number of aliphatic imine (C=N–C) groups is 1. The summed E-state index contributed by atoms with van der Waals surface area (Å²) in [5, 5.41) is 2.80. The molecule has 2 aliphatic rings. The van der Waals surface area contributed by atoms with E-state index >= 15 is 0 Å². The topological polar surface area (TPSA) is 96.6 Å². The lowest BCUT2D eigenvalue weighted by Crippen LogP contribution is -2.57. The molecule has 0 aliphatic carbocycles. The minimum absolute atomic E-state index is 0.191. The van der Waals surface area contributed by atoms with Crippen LogP contribution in [-0.4, -0.2) is 62.6 Å². The summed E-state index contributed by atoms with van der Waals surface area (Å²) in [6.07, 6.45) is 1.51. The Morgan fingerprint density at radius 2 is 1.97 bits per heavy atom. The van der Waals surface area contributed by atoms with E-state index in [0.717, 1.165) is 24.5 Å². The highest BCUT2D eigenvalue weighted by Gasteiger charge is 2.43. The second-order valence-corrected chi connectivity index (χ2v) is 7.31. The molecule has 4 rings (SSSR count). The second-order valence-electron chi connectivity index (χ2n) is 7.31. The Morgan fingerprint density at radius 1 is 1.19 bits per heavy atom. The number of furan rings is 1. The van der Waals surface area contributed by atoms with E-state index in [0.29, 0.717) is 24.8 Å². The van der Waals surface area contributed by atoms with E-state index in [1.54, 1.807) is 26.2 Å². The average Bonchev–Trinajstić information content (AvgIpc) is 3.34. The van der Waals surface area contributed by atoms with Crippen LogP contribution in [0.3, 0.4) is 0 Å². The Hall–Kier alpha value is -3.49. The van der Waals surface area contributed by atoms with Crippen LogP contribution < -0.4 is 15.0 Å². The third-order valence-corrected chi connectivity index (χ3v) is 5.47. The van der Waals surface area contributed by atoms with Gasteiger partial charge in [-0.2, -0.15) is 0 Å². The van der Waals surface area contributed by atoms with Gasteiger partial charge in [0.2, 0.25) is 11.9 Å². The van der Waals surface area contributed by atoms with Gasteiger partial charge in [-0.25, -0.2) is 4.99 Å². The molecule has 31 heavy (non-hydrogen) atoms. The predicted molar refractivity (Wildman–Crippen MR) is 114 cm³/mol. The summed E-state index contributed by atoms with van der Waals surface area (Å²) < 4.78 is 15.9. The fourth-order valence-corrected chi connectivity index (χ4v) is 3.87. The van der Waals surface area contributed by atoms with E-state index in [4.69, 9.17) is 13.9 Å². The molecule has 1 aromatic heterocycles.